The Morgan fingerprint density at radius 1 is 1.33 bits per heavy atom. The Bertz CT molecular complexity index is 1290. The first-order chi connectivity index (χ1) is 19.8. The summed E-state index contributed by atoms with van der Waals surface area (Å²) in [6.07, 6.45) is -2.26. The first-order valence-corrected chi connectivity index (χ1v) is 13.3. The number of aryl methyl sites for hydroxylation is 1. The van der Waals surface area contributed by atoms with Gasteiger partial charge < -0.3 is 30.1 Å². The Hall–Kier alpha value is -3.82. The molecular weight excluding hydrogens is 571 g/mol. The molecule has 11 nitrogen and oxygen atoms in total. The molecule has 0 aromatic carbocycles. The van der Waals surface area contributed by atoms with Crippen LogP contribution < -0.4 is 16.0 Å². The first-order valence-electron chi connectivity index (χ1n) is 13.3. The van der Waals surface area contributed by atoms with E-state index in [0.717, 1.165) is 4.90 Å². The fraction of sp³-hybridized carbons (Fsp3) is 0.577. The van der Waals surface area contributed by atoms with Gasteiger partial charge in [0, 0.05) is 31.7 Å². The van der Waals surface area contributed by atoms with Gasteiger partial charge >= 0.3 is 12.2 Å². The highest BCUT2D eigenvalue weighted by Gasteiger charge is 2.48. The molecular formula is C26H31F5N6O5. The number of carbonyl (C=O) groups is 3. The number of hydrogen-bond donors (Lipinski definition) is 3. The van der Waals surface area contributed by atoms with Crippen LogP contribution in [0.3, 0.4) is 0 Å². The highest BCUT2D eigenvalue weighted by Crippen LogP contribution is 2.38. The number of nitrogens with one attached hydrogen (secondary N) is 3. The summed E-state index contributed by atoms with van der Waals surface area (Å²) in [6, 6.07) is -2.57. The molecule has 2 aromatic heterocycles. The van der Waals surface area contributed by atoms with Gasteiger partial charge in [0.25, 0.3) is 5.91 Å². The first kappa shape index (κ1) is 31.1. The SMILES string of the molecule is CCc1conc1C(=O)NC(C(=O)Nc1cc(C(COC)N2CC(C(F)(F)F)NC2=O)ccn1)C1CCCC(F)(F)C1. The molecule has 0 radical (unpaired) electrons. The lowest BCUT2D eigenvalue weighted by atomic mass is 9.81. The van der Waals surface area contributed by atoms with Crippen molar-refractivity contribution in [3.63, 3.8) is 0 Å². The summed E-state index contributed by atoms with van der Waals surface area (Å²) < 4.78 is 78.4. The van der Waals surface area contributed by atoms with E-state index in [0.29, 0.717) is 17.5 Å². The zero-order valence-electron chi connectivity index (χ0n) is 22.8. The van der Waals surface area contributed by atoms with Crippen LogP contribution in [0.25, 0.3) is 0 Å². The lowest BCUT2D eigenvalue weighted by Gasteiger charge is -2.34. The maximum Gasteiger partial charge on any atom is 0.410 e. The van der Waals surface area contributed by atoms with E-state index in [1.807, 2.05) is 5.32 Å². The molecule has 3 N–H and O–H groups in total. The number of ether oxygens (including phenoxy) is 1. The van der Waals surface area contributed by atoms with E-state index >= 15 is 0 Å². The zero-order chi connectivity index (χ0) is 30.7. The van der Waals surface area contributed by atoms with Gasteiger partial charge in [-0.15, -0.1) is 0 Å². The minimum atomic E-state index is -4.65. The van der Waals surface area contributed by atoms with Gasteiger partial charge in [-0.2, -0.15) is 13.2 Å². The number of pyridine rings is 1. The van der Waals surface area contributed by atoms with E-state index in [9.17, 15) is 36.3 Å². The highest BCUT2D eigenvalue weighted by atomic mass is 19.4. The molecule has 0 spiro atoms. The van der Waals surface area contributed by atoms with Gasteiger partial charge in [0.15, 0.2) is 5.69 Å². The number of aromatic nitrogens is 2. The molecule has 4 amide bonds. The number of carbonyl (C=O) groups excluding carboxylic acids is 3. The monoisotopic (exact) mass is 602 g/mol. The Balaban J connectivity index is 1.56. The number of halogens is 5. The summed E-state index contributed by atoms with van der Waals surface area (Å²) in [4.78, 5) is 43.9. The van der Waals surface area contributed by atoms with E-state index < -0.39 is 67.0 Å². The largest absolute Gasteiger partial charge is 0.410 e. The Morgan fingerprint density at radius 3 is 2.74 bits per heavy atom. The number of urea groups is 1. The van der Waals surface area contributed by atoms with Crippen molar-refractivity contribution in [1.29, 1.82) is 0 Å². The van der Waals surface area contributed by atoms with Crippen molar-refractivity contribution in [3.05, 3.63) is 41.4 Å². The van der Waals surface area contributed by atoms with Crippen molar-refractivity contribution < 1.29 is 45.6 Å². The standard InChI is InChI=1S/C26H31F5N6O5/c1-3-14-12-42-36-21(14)23(39)35-20(16-5-4-7-25(27,28)10-16)22(38)34-19-9-15(6-8-32-19)17(13-41-2)37-11-18(26(29,30)31)33-24(37)40/h6,8-9,12,16-18,20H,3-5,7,10-11,13H2,1-2H3,(H,33,40)(H,35,39)(H,32,34,38). The van der Waals surface area contributed by atoms with Crippen LogP contribution in [0.1, 0.15) is 60.3 Å². The zero-order valence-corrected chi connectivity index (χ0v) is 22.8. The van der Waals surface area contributed by atoms with E-state index in [4.69, 9.17) is 9.26 Å². The Labute approximate surface area is 237 Å². The molecule has 2 aromatic rings. The fourth-order valence-corrected chi connectivity index (χ4v) is 5.26. The fourth-order valence-electron chi connectivity index (χ4n) is 5.26. The Kier molecular flexibility index (Phi) is 9.33. The number of anilines is 1. The summed E-state index contributed by atoms with van der Waals surface area (Å²) in [6.45, 7) is 0.939. The predicted molar refractivity (Wildman–Crippen MR) is 137 cm³/mol. The molecule has 42 heavy (non-hydrogen) atoms. The molecule has 0 bridgehead atoms. The van der Waals surface area contributed by atoms with Crippen molar-refractivity contribution in [3.8, 4) is 0 Å². The molecule has 1 saturated heterocycles. The van der Waals surface area contributed by atoms with Crippen LogP contribution in [0, 0.1) is 5.92 Å². The van der Waals surface area contributed by atoms with Gasteiger partial charge in [0.2, 0.25) is 11.8 Å². The molecule has 4 unspecified atom stereocenters. The summed E-state index contributed by atoms with van der Waals surface area (Å²) in [5, 5.41) is 10.6. The van der Waals surface area contributed by atoms with Crippen LogP contribution in [-0.2, 0) is 16.0 Å². The number of nitrogens with zero attached hydrogens (tertiary/aromatic N) is 3. The molecule has 3 heterocycles. The molecule has 16 heteroatoms. The smallest absolute Gasteiger partial charge is 0.382 e. The van der Waals surface area contributed by atoms with E-state index in [-0.39, 0.29) is 37.4 Å². The van der Waals surface area contributed by atoms with E-state index in [1.165, 1.54) is 31.7 Å². The molecule has 230 valence electrons. The van der Waals surface area contributed by atoms with Gasteiger partial charge in [-0.05, 0) is 42.9 Å². The summed E-state index contributed by atoms with van der Waals surface area (Å²) in [5.74, 6) is -5.59. The third-order valence-corrected chi connectivity index (χ3v) is 7.41. The number of alkyl halides is 5. The lowest BCUT2D eigenvalue weighted by Crippen LogP contribution is -2.51. The molecule has 4 atom stereocenters. The molecule has 2 fully saturated rings. The van der Waals surface area contributed by atoms with Crippen molar-refractivity contribution in [2.75, 3.05) is 25.6 Å². The molecule has 2 aliphatic rings. The highest BCUT2D eigenvalue weighted by molar-refractivity contribution is 6.00. The second kappa shape index (κ2) is 12.6. The number of amides is 4. The van der Waals surface area contributed by atoms with Crippen LogP contribution in [0.2, 0.25) is 0 Å². The molecule has 1 aliphatic carbocycles. The summed E-state index contributed by atoms with van der Waals surface area (Å²) in [7, 11) is 1.32. The Morgan fingerprint density at radius 2 is 2.10 bits per heavy atom. The molecule has 1 saturated carbocycles. The normalized spacial score (nSPS) is 21.9. The predicted octanol–water partition coefficient (Wildman–Crippen LogP) is 3.84. The van der Waals surface area contributed by atoms with Gasteiger partial charge in [0.05, 0.1) is 19.2 Å². The average Bonchev–Trinajstić information content (AvgIpc) is 3.56. The van der Waals surface area contributed by atoms with E-state index in [2.05, 4.69) is 20.8 Å². The van der Waals surface area contributed by atoms with E-state index in [1.54, 1.807) is 6.92 Å². The third-order valence-electron chi connectivity index (χ3n) is 7.41. The topological polar surface area (TPSA) is 139 Å². The lowest BCUT2D eigenvalue weighted by molar-refractivity contribution is -0.150. The third kappa shape index (κ3) is 7.14. The number of methoxy groups -OCH3 is 1. The summed E-state index contributed by atoms with van der Waals surface area (Å²) >= 11 is 0. The van der Waals surface area contributed by atoms with Crippen LogP contribution in [-0.4, -0.2) is 77.3 Å². The van der Waals surface area contributed by atoms with Crippen molar-refractivity contribution in [2.24, 2.45) is 5.92 Å². The minimum absolute atomic E-state index is 0.0666. The molecule has 1 aliphatic heterocycles. The second-order valence-corrected chi connectivity index (χ2v) is 10.3. The minimum Gasteiger partial charge on any atom is -0.382 e. The van der Waals surface area contributed by atoms with Gasteiger partial charge in [-0.25, -0.2) is 18.6 Å². The average molecular weight is 603 g/mol. The van der Waals surface area contributed by atoms with Gasteiger partial charge in [0.1, 0.15) is 24.2 Å². The van der Waals surface area contributed by atoms with Crippen molar-refractivity contribution in [1.82, 2.24) is 25.7 Å². The summed E-state index contributed by atoms with van der Waals surface area (Å²) in [5.41, 5.74) is 0.708. The maximum atomic E-state index is 14.3. The van der Waals surface area contributed by atoms with Gasteiger partial charge in [-0.3, -0.25) is 9.59 Å². The van der Waals surface area contributed by atoms with Crippen molar-refractivity contribution in [2.45, 2.75) is 69.3 Å². The van der Waals surface area contributed by atoms with Crippen molar-refractivity contribution >= 4 is 23.7 Å². The quantitative estimate of drug-likeness (QED) is 0.352. The van der Waals surface area contributed by atoms with Crippen LogP contribution in [0.4, 0.5) is 32.6 Å². The number of hydrogen-bond acceptors (Lipinski definition) is 7. The van der Waals surface area contributed by atoms with Gasteiger partial charge in [-0.1, -0.05) is 12.1 Å². The number of rotatable bonds is 10. The molecule has 4 rings (SSSR count). The van der Waals surface area contributed by atoms with Crippen LogP contribution in [0.15, 0.2) is 29.1 Å². The maximum absolute atomic E-state index is 14.3. The second-order valence-electron chi connectivity index (χ2n) is 10.3. The van der Waals surface area contributed by atoms with Crippen LogP contribution in [0.5, 0.6) is 0 Å². The van der Waals surface area contributed by atoms with Crippen LogP contribution >= 0.6 is 0 Å².